The van der Waals surface area contributed by atoms with E-state index in [0.717, 1.165) is 32.4 Å². The smallest absolute Gasteiger partial charge is 0.325 e. The second kappa shape index (κ2) is 7.74. The highest BCUT2D eigenvalue weighted by molar-refractivity contribution is 5.80. The van der Waals surface area contributed by atoms with Gasteiger partial charge in [-0.1, -0.05) is 6.92 Å². The van der Waals surface area contributed by atoms with Gasteiger partial charge in [-0.05, 0) is 65.2 Å². The number of esters is 1. The van der Waals surface area contributed by atoms with Gasteiger partial charge in [-0.3, -0.25) is 4.79 Å². The Bertz CT molecular complexity index is 252. The van der Waals surface area contributed by atoms with E-state index in [1.54, 1.807) is 0 Å². The van der Waals surface area contributed by atoms with Crippen molar-refractivity contribution in [3.8, 4) is 0 Å². The van der Waals surface area contributed by atoms with E-state index in [9.17, 15) is 4.79 Å². The van der Waals surface area contributed by atoms with Crippen molar-refractivity contribution < 1.29 is 9.53 Å². The molecule has 0 aromatic carbocycles. The molecule has 1 N–H and O–H groups in total. The molecule has 0 radical (unpaired) electrons. The van der Waals surface area contributed by atoms with Crippen LogP contribution in [0.2, 0.25) is 0 Å². The van der Waals surface area contributed by atoms with Crippen LogP contribution in [0.4, 0.5) is 0 Å². The van der Waals surface area contributed by atoms with Crippen molar-refractivity contribution in [2.75, 3.05) is 33.3 Å². The quantitative estimate of drug-likeness (QED) is 0.672. The molecule has 106 valence electrons. The monoisotopic (exact) mass is 256 g/mol. The maximum atomic E-state index is 11.9. The van der Waals surface area contributed by atoms with Crippen molar-refractivity contribution in [3.63, 3.8) is 0 Å². The summed E-state index contributed by atoms with van der Waals surface area (Å²) < 4.78 is 4.92. The van der Waals surface area contributed by atoms with Gasteiger partial charge >= 0.3 is 5.97 Å². The summed E-state index contributed by atoms with van der Waals surface area (Å²) in [6, 6.07) is 0. The zero-order valence-corrected chi connectivity index (χ0v) is 12.1. The summed E-state index contributed by atoms with van der Waals surface area (Å²) in [7, 11) is 1.47. The van der Waals surface area contributed by atoms with E-state index >= 15 is 0 Å². The molecule has 1 atom stereocenters. The zero-order valence-electron chi connectivity index (χ0n) is 12.1. The van der Waals surface area contributed by atoms with E-state index in [1.165, 1.54) is 33.0 Å². The molecule has 4 heteroatoms. The molecule has 0 aromatic heterocycles. The van der Waals surface area contributed by atoms with E-state index in [2.05, 4.69) is 17.1 Å². The van der Waals surface area contributed by atoms with Gasteiger partial charge in [0, 0.05) is 0 Å². The Morgan fingerprint density at radius 1 is 1.39 bits per heavy atom. The Morgan fingerprint density at radius 2 is 2.06 bits per heavy atom. The summed E-state index contributed by atoms with van der Waals surface area (Å²) >= 11 is 0. The van der Waals surface area contributed by atoms with Gasteiger partial charge in [-0.15, -0.1) is 0 Å². The third-order valence-corrected chi connectivity index (χ3v) is 3.75. The summed E-state index contributed by atoms with van der Waals surface area (Å²) in [5, 5.41) is 3.33. The lowest BCUT2D eigenvalue weighted by Gasteiger charge is -2.28. The molecule has 0 spiro atoms. The van der Waals surface area contributed by atoms with Crippen LogP contribution in [-0.4, -0.2) is 49.7 Å². The molecule has 1 aliphatic rings. The predicted molar refractivity (Wildman–Crippen MR) is 73.6 cm³/mol. The van der Waals surface area contributed by atoms with Crippen molar-refractivity contribution in [3.05, 3.63) is 0 Å². The van der Waals surface area contributed by atoms with Gasteiger partial charge in [0.2, 0.25) is 0 Å². The summed E-state index contributed by atoms with van der Waals surface area (Å²) in [6.45, 7) is 8.46. The van der Waals surface area contributed by atoms with Crippen LogP contribution in [0.3, 0.4) is 0 Å². The van der Waals surface area contributed by atoms with Gasteiger partial charge < -0.3 is 15.0 Å². The minimum Gasteiger partial charge on any atom is -0.468 e. The van der Waals surface area contributed by atoms with Crippen LogP contribution in [0.5, 0.6) is 0 Å². The first kappa shape index (κ1) is 15.4. The van der Waals surface area contributed by atoms with E-state index in [-0.39, 0.29) is 5.97 Å². The lowest BCUT2D eigenvalue weighted by Crippen LogP contribution is -2.50. The number of rotatable bonds is 8. The third-order valence-electron chi connectivity index (χ3n) is 3.75. The molecule has 1 unspecified atom stereocenters. The Kier molecular flexibility index (Phi) is 6.65. The van der Waals surface area contributed by atoms with E-state index in [0.29, 0.717) is 0 Å². The Morgan fingerprint density at radius 3 is 2.61 bits per heavy atom. The highest BCUT2D eigenvalue weighted by atomic mass is 16.5. The van der Waals surface area contributed by atoms with Gasteiger partial charge in [0.05, 0.1) is 7.11 Å². The van der Waals surface area contributed by atoms with Crippen LogP contribution in [0.15, 0.2) is 0 Å². The normalized spacial score (nSPS) is 19.7. The molecule has 1 rings (SSSR count). The maximum absolute atomic E-state index is 11.9. The molecule has 0 bridgehead atoms. The Balaban J connectivity index is 2.37. The second-order valence-electron chi connectivity index (χ2n) is 5.40. The molecular weight excluding hydrogens is 228 g/mol. The molecule has 0 saturated carbocycles. The number of hydrogen-bond donors (Lipinski definition) is 1. The molecule has 4 nitrogen and oxygen atoms in total. The fourth-order valence-corrected chi connectivity index (χ4v) is 2.55. The van der Waals surface area contributed by atoms with E-state index in [4.69, 9.17) is 4.74 Å². The predicted octanol–water partition coefficient (Wildman–Crippen LogP) is 1.79. The first-order valence-electron chi connectivity index (χ1n) is 7.18. The summed E-state index contributed by atoms with van der Waals surface area (Å²) in [5.41, 5.74) is -0.523. The van der Waals surface area contributed by atoms with Crippen LogP contribution < -0.4 is 5.32 Å². The van der Waals surface area contributed by atoms with E-state index in [1.807, 2.05) is 6.92 Å². The van der Waals surface area contributed by atoms with Gasteiger partial charge in [0.25, 0.3) is 0 Å². The fraction of sp³-hybridized carbons (Fsp3) is 0.929. The number of ether oxygens (including phenoxy) is 1. The highest BCUT2D eigenvalue weighted by Gasteiger charge is 2.33. The topological polar surface area (TPSA) is 41.6 Å². The largest absolute Gasteiger partial charge is 0.468 e. The van der Waals surface area contributed by atoms with Gasteiger partial charge in [0.15, 0.2) is 0 Å². The molecule has 1 aliphatic heterocycles. The van der Waals surface area contributed by atoms with Crippen molar-refractivity contribution in [1.82, 2.24) is 10.2 Å². The minimum absolute atomic E-state index is 0.141. The molecule has 0 aromatic rings. The summed E-state index contributed by atoms with van der Waals surface area (Å²) in [5.74, 6) is -0.141. The van der Waals surface area contributed by atoms with Gasteiger partial charge in [-0.2, -0.15) is 0 Å². The van der Waals surface area contributed by atoms with Crippen molar-refractivity contribution in [2.24, 2.45) is 0 Å². The molecule has 18 heavy (non-hydrogen) atoms. The first-order chi connectivity index (χ1) is 8.62. The molecule has 1 fully saturated rings. The van der Waals surface area contributed by atoms with Crippen LogP contribution in [0, 0.1) is 0 Å². The zero-order chi connectivity index (χ0) is 13.4. The third kappa shape index (κ3) is 4.58. The first-order valence-corrected chi connectivity index (χ1v) is 7.18. The van der Waals surface area contributed by atoms with Gasteiger partial charge in [-0.25, -0.2) is 0 Å². The average Bonchev–Trinajstić information content (AvgIpc) is 2.88. The number of carbonyl (C=O) groups excluding carboxylic acids is 1. The van der Waals surface area contributed by atoms with Crippen LogP contribution in [0.1, 0.15) is 46.0 Å². The SMILES string of the molecule is CCCNC(C)(CCCN1CCCC1)C(=O)OC. The number of nitrogens with one attached hydrogen (secondary N) is 1. The molecule has 1 saturated heterocycles. The number of nitrogens with zero attached hydrogens (tertiary/aromatic N) is 1. The molecule has 0 amide bonds. The van der Waals surface area contributed by atoms with Crippen molar-refractivity contribution in [1.29, 1.82) is 0 Å². The number of likely N-dealkylation sites (tertiary alicyclic amines) is 1. The molecule has 1 heterocycles. The number of carbonyl (C=O) groups is 1. The van der Waals surface area contributed by atoms with E-state index < -0.39 is 5.54 Å². The lowest BCUT2D eigenvalue weighted by atomic mass is 9.95. The minimum atomic E-state index is -0.523. The fourth-order valence-electron chi connectivity index (χ4n) is 2.55. The van der Waals surface area contributed by atoms with Crippen molar-refractivity contribution in [2.45, 2.75) is 51.5 Å². The standard InChI is InChI=1S/C14H28N2O2/c1-4-9-15-14(2,13(17)18-3)8-7-12-16-10-5-6-11-16/h15H,4-12H2,1-3H3. The van der Waals surface area contributed by atoms with Crippen LogP contribution >= 0.6 is 0 Å². The molecule has 0 aliphatic carbocycles. The van der Waals surface area contributed by atoms with Crippen molar-refractivity contribution >= 4 is 5.97 Å². The average molecular weight is 256 g/mol. The summed E-state index contributed by atoms with van der Waals surface area (Å²) in [6.07, 6.45) is 5.56. The Labute approximate surface area is 111 Å². The second-order valence-corrected chi connectivity index (χ2v) is 5.40. The Hall–Kier alpha value is -0.610. The van der Waals surface area contributed by atoms with Crippen LogP contribution in [0.25, 0.3) is 0 Å². The highest BCUT2D eigenvalue weighted by Crippen LogP contribution is 2.16. The number of methoxy groups -OCH3 is 1. The lowest BCUT2D eigenvalue weighted by molar-refractivity contribution is -0.148. The number of hydrogen-bond acceptors (Lipinski definition) is 4. The molecular formula is C14H28N2O2. The van der Waals surface area contributed by atoms with Crippen LogP contribution in [-0.2, 0) is 9.53 Å². The maximum Gasteiger partial charge on any atom is 0.325 e. The summed E-state index contributed by atoms with van der Waals surface area (Å²) in [4.78, 5) is 14.4. The van der Waals surface area contributed by atoms with Gasteiger partial charge in [0.1, 0.15) is 5.54 Å².